The second-order valence-electron chi connectivity index (χ2n) is 5.72. The molecule has 3 rings (SSSR count). The molecule has 0 saturated carbocycles. The van der Waals surface area contributed by atoms with Crippen LogP contribution in [0.1, 0.15) is 17.5 Å². The molecule has 1 atom stereocenters. The predicted molar refractivity (Wildman–Crippen MR) is 96.6 cm³/mol. The molecule has 1 N–H and O–H groups in total. The zero-order valence-corrected chi connectivity index (χ0v) is 14.3. The van der Waals surface area contributed by atoms with Crippen LogP contribution in [0.15, 0.2) is 47.2 Å². The van der Waals surface area contributed by atoms with E-state index in [1.807, 2.05) is 24.3 Å². The van der Waals surface area contributed by atoms with Crippen LogP contribution in [0.4, 0.5) is 0 Å². The first-order valence-corrected chi connectivity index (χ1v) is 8.99. The van der Waals surface area contributed by atoms with Gasteiger partial charge in [0.2, 0.25) is 5.91 Å². The molecule has 2 aromatic rings. The van der Waals surface area contributed by atoms with Crippen LogP contribution < -0.4 is 5.32 Å². The largest absolute Gasteiger partial charge is 0.348 e. The molecule has 1 amide bonds. The van der Waals surface area contributed by atoms with Gasteiger partial charge in [-0.15, -0.1) is 0 Å². The average Bonchev–Trinajstić information content (AvgIpc) is 3.19. The van der Waals surface area contributed by atoms with E-state index in [1.54, 1.807) is 23.5 Å². The molecule has 1 fully saturated rings. The van der Waals surface area contributed by atoms with Crippen LogP contribution in [0.5, 0.6) is 0 Å². The minimum atomic E-state index is -0.0627. The molecule has 1 saturated heterocycles. The molecular formula is C18H19ClN2OS. The number of carbonyl (C=O) groups is 1. The summed E-state index contributed by atoms with van der Waals surface area (Å²) in [6, 6.07) is 9.87. The van der Waals surface area contributed by atoms with Crippen molar-refractivity contribution in [3.8, 4) is 0 Å². The fourth-order valence-electron chi connectivity index (χ4n) is 2.76. The minimum Gasteiger partial charge on any atom is -0.348 e. The maximum atomic E-state index is 12.0. The summed E-state index contributed by atoms with van der Waals surface area (Å²) in [4.78, 5) is 14.4. The number of hydrogen-bond donors (Lipinski definition) is 1. The predicted octanol–water partition coefficient (Wildman–Crippen LogP) is 3.81. The zero-order valence-electron chi connectivity index (χ0n) is 12.7. The van der Waals surface area contributed by atoms with Crippen molar-refractivity contribution in [2.75, 3.05) is 13.1 Å². The molecule has 0 bridgehead atoms. The number of carbonyl (C=O) groups excluding carboxylic acids is 1. The molecule has 0 radical (unpaired) electrons. The molecule has 5 heteroatoms. The van der Waals surface area contributed by atoms with Gasteiger partial charge < -0.3 is 5.32 Å². The second-order valence-corrected chi connectivity index (χ2v) is 6.90. The number of benzene rings is 1. The Balaban J connectivity index is 1.48. The normalized spacial score (nSPS) is 18.6. The lowest BCUT2D eigenvalue weighted by molar-refractivity contribution is -0.117. The molecule has 1 aromatic heterocycles. The molecule has 0 spiro atoms. The first kappa shape index (κ1) is 16.2. The van der Waals surface area contributed by atoms with E-state index in [-0.39, 0.29) is 11.9 Å². The van der Waals surface area contributed by atoms with Crippen molar-refractivity contribution in [2.24, 2.45) is 0 Å². The van der Waals surface area contributed by atoms with Crippen LogP contribution in [-0.4, -0.2) is 29.9 Å². The van der Waals surface area contributed by atoms with E-state index in [2.05, 4.69) is 27.0 Å². The molecule has 1 aliphatic rings. The minimum absolute atomic E-state index is 0.0627. The van der Waals surface area contributed by atoms with Gasteiger partial charge in [-0.2, -0.15) is 11.3 Å². The van der Waals surface area contributed by atoms with Gasteiger partial charge in [-0.05, 0) is 46.5 Å². The lowest BCUT2D eigenvalue weighted by Crippen LogP contribution is -2.35. The third-order valence-corrected chi connectivity index (χ3v) is 5.00. The van der Waals surface area contributed by atoms with Gasteiger partial charge in [-0.25, -0.2) is 0 Å². The number of likely N-dealkylation sites (tertiary alicyclic amines) is 1. The van der Waals surface area contributed by atoms with E-state index in [1.165, 1.54) is 5.56 Å². The summed E-state index contributed by atoms with van der Waals surface area (Å²) in [6.45, 7) is 2.89. The molecule has 1 unspecified atom stereocenters. The Bertz CT molecular complexity index is 684. The Morgan fingerprint density at radius 3 is 3.04 bits per heavy atom. The summed E-state index contributed by atoms with van der Waals surface area (Å²) < 4.78 is 0. The number of nitrogens with one attached hydrogen (secondary N) is 1. The first-order chi connectivity index (χ1) is 11.2. The lowest BCUT2D eigenvalue weighted by atomic mass is 10.2. The van der Waals surface area contributed by atoms with Gasteiger partial charge in [0.15, 0.2) is 0 Å². The van der Waals surface area contributed by atoms with Crippen LogP contribution in [0.2, 0.25) is 5.02 Å². The summed E-state index contributed by atoms with van der Waals surface area (Å²) in [5.74, 6) is -0.0627. The number of thiophene rings is 1. The molecule has 1 aromatic carbocycles. The van der Waals surface area contributed by atoms with Crippen molar-refractivity contribution in [1.29, 1.82) is 0 Å². The average molecular weight is 347 g/mol. The highest BCUT2D eigenvalue weighted by molar-refractivity contribution is 7.07. The highest BCUT2D eigenvalue weighted by atomic mass is 35.5. The van der Waals surface area contributed by atoms with E-state index in [4.69, 9.17) is 11.6 Å². The number of halogens is 1. The van der Waals surface area contributed by atoms with Gasteiger partial charge in [0.25, 0.3) is 0 Å². The monoisotopic (exact) mass is 346 g/mol. The van der Waals surface area contributed by atoms with E-state index >= 15 is 0 Å². The van der Waals surface area contributed by atoms with E-state index < -0.39 is 0 Å². The van der Waals surface area contributed by atoms with Gasteiger partial charge in [0.1, 0.15) is 0 Å². The third kappa shape index (κ3) is 4.67. The maximum absolute atomic E-state index is 12.0. The van der Waals surface area contributed by atoms with Crippen LogP contribution >= 0.6 is 22.9 Å². The van der Waals surface area contributed by atoms with Crippen molar-refractivity contribution < 1.29 is 4.79 Å². The smallest absolute Gasteiger partial charge is 0.244 e. The van der Waals surface area contributed by atoms with Gasteiger partial charge in [0.05, 0.1) is 0 Å². The summed E-state index contributed by atoms with van der Waals surface area (Å²) in [6.07, 6.45) is 4.31. The summed E-state index contributed by atoms with van der Waals surface area (Å²) in [5.41, 5.74) is 2.20. The van der Waals surface area contributed by atoms with Gasteiger partial charge in [-0.3, -0.25) is 9.69 Å². The SMILES string of the molecule is O=C(C=Cc1ccccc1Cl)NC1CCN(Cc2ccsc2)C1. The van der Waals surface area contributed by atoms with Crippen molar-refractivity contribution in [2.45, 2.75) is 19.0 Å². The first-order valence-electron chi connectivity index (χ1n) is 7.67. The molecule has 0 aliphatic carbocycles. The van der Waals surface area contributed by atoms with Crippen LogP contribution in [-0.2, 0) is 11.3 Å². The molecule has 1 aliphatic heterocycles. The summed E-state index contributed by atoms with van der Waals surface area (Å²) in [7, 11) is 0. The zero-order chi connectivity index (χ0) is 16.1. The Kier molecular flexibility index (Phi) is 5.49. The van der Waals surface area contributed by atoms with Crippen molar-refractivity contribution in [3.05, 3.63) is 63.3 Å². The molecule has 23 heavy (non-hydrogen) atoms. The molecule has 2 heterocycles. The van der Waals surface area contributed by atoms with Crippen LogP contribution in [0.25, 0.3) is 6.08 Å². The summed E-state index contributed by atoms with van der Waals surface area (Å²) >= 11 is 7.80. The number of rotatable bonds is 5. The Morgan fingerprint density at radius 1 is 1.39 bits per heavy atom. The van der Waals surface area contributed by atoms with E-state index in [9.17, 15) is 4.79 Å². The van der Waals surface area contributed by atoms with Crippen molar-refractivity contribution in [3.63, 3.8) is 0 Å². The van der Waals surface area contributed by atoms with Gasteiger partial charge >= 0.3 is 0 Å². The second kappa shape index (κ2) is 7.77. The molecule has 120 valence electrons. The molecule has 3 nitrogen and oxygen atoms in total. The van der Waals surface area contributed by atoms with E-state index in [0.29, 0.717) is 5.02 Å². The van der Waals surface area contributed by atoms with Crippen molar-refractivity contribution in [1.82, 2.24) is 10.2 Å². The van der Waals surface area contributed by atoms with Gasteiger partial charge in [0, 0.05) is 36.8 Å². The van der Waals surface area contributed by atoms with Crippen LogP contribution in [0, 0.1) is 0 Å². The quantitative estimate of drug-likeness (QED) is 0.835. The Labute approximate surface area is 145 Å². The Hall–Kier alpha value is -1.62. The van der Waals surface area contributed by atoms with Gasteiger partial charge in [-0.1, -0.05) is 29.8 Å². The Morgan fingerprint density at radius 2 is 2.26 bits per heavy atom. The third-order valence-electron chi connectivity index (χ3n) is 3.92. The lowest BCUT2D eigenvalue weighted by Gasteiger charge is -2.15. The number of hydrogen-bond acceptors (Lipinski definition) is 3. The highest BCUT2D eigenvalue weighted by Crippen LogP contribution is 2.17. The van der Waals surface area contributed by atoms with Crippen molar-refractivity contribution >= 4 is 34.9 Å². The fourth-order valence-corrected chi connectivity index (χ4v) is 3.62. The topological polar surface area (TPSA) is 32.3 Å². The maximum Gasteiger partial charge on any atom is 0.244 e. The number of nitrogens with zero attached hydrogens (tertiary/aromatic N) is 1. The van der Waals surface area contributed by atoms with Crippen LogP contribution in [0.3, 0.4) is 0 Å². The summed E-state index contributed by atoms with van der Waals surface area (Å²) in [5, 5.41) is 8.00. The standard InChI is InChI=1S/C18H19ClN2OS/c19-17-4-2-1-3-15(17)5-6-18(22)20-16-7-9-21(12-16)11-14-8-10-23-13-14/h1-6,8,10,13,16H,7,9,11-12H2,(H,20,22). The number of amides is 1. The molecular weight excluding hydrogens is 328 g/mol. The van der Waals surface area contributed by atoms with E-state index in [0.717, 1.165) is 31.6 Å². The highest BCUT2D eigenvalue weighted by Gasteiger charge is 2.23. The fraction of sp³-hybridized carbons (Fsp3) is 0.278.